The summed E-state index contributed by atoms with van der Waals surface area (Å²) in [4.78, 5) is 2.82. The largest absolute Gasteiger partial charge is 0.381 e. The smallest absolute Gasteiger partial charge is 0.0494 e. The SMILES string of the molecule is CCCCOCC1CCC(CN=[N+]=[N-])CC1. The van der Waals surface area contributed by atoms with E-state index in [2.05, 4.69) is 16.9 Å². The first-order valence-electron chi connectivity index (χ1n) is 6.45. The molecule has 1 fully saturated rings. The number of hydrogen-bond acceptors (Lipinski definition) is 2. The summed E-state index contributed by atoms with van der Waals surface area (Å²) in [6.07, 6.45) is 7.24. The van der Waals surface area contributed by atoms with Gasteiger partial charge in [0.25, 0.3) is 0 Å². The average Bonchev–Trinajstić information content (AvgIpc) is 2.33. The van der Waals surface area contributed by atoms with Crippen molar-refractivity contribution in [1.29, 1.82) is 0 Å². The van der Waals surface area contributed by atoms with Gasteiger partial charge in [-0.25, -0.2) is 0 Å². The Hall–Kier alpha value is -0.730. The third-order valence-corrected chi connectivity index (χ3v) is 3.37. The summed E-state index contributed by atoms with van der Waals surface area (Å²) >= 11 is 0. The van der Waals surface area contributed by atoms with Crippen molar-refractivity contribution in [2.24, 2.45) is 17.0 Å². The van der Waals surface area contributed by atoms with Crippen molar-refractivity contribution >= 4 is 0 Å². The molecule has 0 radical (unpaired) electrons. The number of rotatable bonds is 7. The summed E-state index contributed by atoms with van der Waals surface area (Å²) in [5, 5.41) is 3.66. The lowest BCUT2D eigenvalue weighted by Gasteiger charge is -2.27. The Kier molecular flexibility index (Phi) is 7.02. The number of unbranched alkanes of at least 4 members (excludes halogenated alkanes) is 1. The molecule has 0 amide bonds. The average molecular weight is 225 g/mol. The van der Waals surface area contributed by atoms with E-state index in [1.54, 1.807) is 0 Å². The lowest BCUT2D eigenvalue weighted by atomic mass is 9.82. The van der Waals surface area contributed by atoms with Crippen LogP contribution in [0.2, 0.25) is 0 Å². The monoisotopic (exact) mass is 225 g/mol. The zero-order chi connectivity index (χ0) is 11.6. The molecule has 0 saturated heterocycles. The van der Waals surface area contributed by atoms with Crippen molar-refractivity contribution in [3.05, 3.63) is 10.4 Å². The Morgan fingerprint density at radius 1 is 1.25 bits per heavy atom. The molecule has 16 heavy (non-hydrogen) atoms. The van der Waals surface area contributed by atoms with E-state index < -0.39 is 0 Å². The van der Waals surface area contributed by atoms with E-state index in [9.17, 15) is 0 Å². The molecule has 0 aromatic carbocycles. The molecule has 0 aliphatic heterocycles. The maximum atomic E-state index is 8.25. The molecule has 0 unspecified atom stereocenters. The molecule has 0 heterocycles. The zero-order valence-electron chi connectivity index (χ0n) is 10.3. The highest BCUT2D eigenvalue weighted by Crippen LogP contribution is 2.29. The van der Waals surface area contributed by atoms with Crippen LogP contribution in [0.5, 0.6) is 0 Å². The molecule has 0 atom stereocenters. The van der Waals surface area contributed by atoms with E-state index in [1.807, 2.05) is 0 Å². The Bertz CT molecular complexity index is 218. The first-order valence-corrected chi connectivity index (χ1v) is 6.45. The molecule has 1 saturated carbocycles. The molecule has 0 spiro atoms. The predicted molar refractivity (Wildman–Crippen MR) is 65.2 cm³/mol. The third-order valence-electron chi connectivity index (χ3n) is 3.37. The summed E-state index contributed by atoms with van der Waals surface area (Å²) in [5.41, 5.74) is 8.25. The minimum Gasteiger partial charge on any atom is -0.381 e. The van der Waals surface area contributed by atoms with Crippen LogP contribution in [0.15, 0.2) is 5.11 Å². The van der Waals surface area contributed by atoms with Gasteiger partial charge in [0.05, 0.1) is 0 Å². The van der Waals surface area contributed by atoms with E-state index in [0.717, 1.165) is 19.1 Å². The molecule has 1 aliphatic carbocycles. The van der Waals surface area contributed by atoms with Gasteiger partial charge < -0.3 is 4.74 Å². The number of ether oxygens (including phenoxy) is 1. The van der Waals surface area contributed by atoms with E-state index in [4.69, 9.17) is 10.3 Å². The van der Waals surface area contributed by atoms with Crippen LogP contribution in [0, 0.1) is 11.8 Å². The van der Waals surface area contributed by atoms with Crippen LogP contribution in [-0.2, 0) is 4.74 Å². The van der Waals surface area contributed by atoms with Crippen molar-refractivity contribution in [2.45, 2.75) is 45.4 Å². The first-order chi connectivity index (χ1) is 7.86. The van der Waals surface area contributed by atoms with E-state index in [1.165, 1.54) is 38.5 Å². The fourth-order valence-electron chi connectivity index (χ4n) is 2.23. The minimum atomic E-state index is 0.614. The van der Waals surface area contributed by atoms with Gasteiger partial charge in [-0.05, 0) is 49.5 Å². The summed E-state index contributed by atoms with van der Waals surface area (Å²) in [6, 6.07) is 0. The summed E-state index contributed by atoms with van der Waals surface area (Å²) in [6.45, 7) is 4.70. The topological polar surface area (TPSA) is 58.0 Å². The van der Waals surface area contributed by atoms with Crippen molar-refractivity contribution in [3.8, 4) is 0 Å². The third kappa shape index (κ3) is 5.38. The molecule has 1 aliphatic rings. The highest BCUT2D eigenvalue weighted by molar-refractivity contribution is 4.73. The summed E-state index contributed by atoms with van der Waals surface area (Å²) in [5.74, 6) is 1.35. The molecule has 92 valence electrons. The molecular formula is C12H23N3O. The van der Waals surface area contributed by atoms with Gasteiger partial charge in [-0.1, -0.05) is 18.5 Å². The molecule has 4 nitrogen and oxygen atoms in total. The molecule has 4 heteroatoms. The quantitative estimate of drug-likeness (QED) is 0.280. The maximum Gasteiger partial charge on any atom is 0.0494 e. The fraction of sp³-hybridized carbons (Fsp3) is 1.00. The second-order valence-electron chi connectivity index (χ2n) is 4.73. The van der Waals surface area contributed by atoms with Crippen LogP contribution in [0.25, 0.3) is 10.4 Å². The van der Waals surface area contributed by atoms with Crippen molar-refractivity contribution in [1.82, 2.24) is 0 Å². The van der Waals surface area contributed by atoms with Crippen molar-refractivity contribution in [2.75, 3.05) is 19.8 Å². The van der Waals surface area contributed by atoms with Gasteiger partial charge in [0.2, 0.25) is 0 Å². The van der Waals surface area contributed by atoms with Gasteiger partial charge in [0.1, 0.15) is 0 Å². The number of nitrogens with zero attached hydrogens (tertiary/aromatic N) is 3. The Morgan fingerprint density at radius 3 is 2.56 bits per heavy atom. The van der Waals surface area contributed by atoms with Crippen LogP contribution < -0.4 is 0 Å². The molecule has 0 bridgehead atoms. The fourth-order valence-corrected chi connectivity index (χ4v) is 2.23. The minimum absolute atomic E-state index is 0.614. The van der Waals surface area contributed by atoms with E-state index in [-0.39, 0.29) is 0 Å². The van der Waals surface area contributed by atoms with Gasteiger partial charge in [-0.15, -0.1) is 0 Å². The van der Waals surface area contributed by atoms with E-state index >= 15 is 0 Å². The Morgan fingerprint density at radius 2 is 1.94 bits per heavy atom. The lowest BCUT2D eigenvalue weighted by Crippen LogP contribution is -2.20. The second kappa shape index (κ2) is 8.43. The molecule has 0 N–H and O–H groups in total. The van der Waals surface area contributed by atoms with Gasteiger partial charge in [0.15, 0.2) is 0 Å². The van der Waals surface area contributed by atoms with E-state index in [0.29, 0.717) is 12.5 Å². The number of hydrogen-bond donors (Lipinski definition) is 0. The van der Waals surface area contributed by atoms with Gasteiger partial charge in [-0.2, -0.15) is 0 Å². The van der Waals surface area contributed by atoms with Crippen molar-refractivity contribution in [3.63, 3.8) is 0 Å². The van der Waals surface area contributed by atoms with Gasteiger partial charge >= 0.3 is 0 Å². The maximum absolute atomic E-state index is 8.25. The van der Waals surface area contributed by atoms with Crippen LogP contribution in [0.4, 0.5) is 0 Å². The molecule has 0 aromatic heterocycles. The normalized spacial score (nSPS) is 25.1. The second-order valence-corrected chi connectivity index (χ2v) is 4.73. The number of azide groups is 1. The van der Waals surface area contributed by atoms with Crippen LogP contribution >= 0.6 is 0 Å². The predicted octanol–water partition coefficient (Wildman–Crippen LogP) is 3.92. The van der Waals surface area contributed by atoms with Crippen molar-refractivity contribution < 1.29 is 4.74 Å². The highest BCUT2D eigenvalue weighted by atomic mass is 16.5. The van der Waals surface area contributed by atoms with Gasteiger partial charge in [0, 0.05) is 24.7 Å². The zero-order valence-corrected chi connectivity index (χ0v) is 10.3. The highest BCUT2D eigenvalue weighted by Gasteiger charge is 2.20. The standard InChI is InChI=1S/C12H23N3O/c1-2-3-8-16-10-12-6-4-11(5-7-12)9-14-15-13/h11-12H,2-10H2,1H3. The van der Waals surface area contributed by atoms with Gasteiger partial charge in [-0.3, -0.25) is 0 Å². The lowest BCUT2D eigenvalue weighted by molar-refractivity contribution is 0.0766. The van der Waals surface area contributed by atoms with Crippen LogP contribution in [0.1, 0.15) is 45.4 Å². The summed E-state index contributed by atoms with van der Waals surface area (Å²) < 4.78 is 5.65. The Labute approximate surface area is 98.0 Å². The molecule has 1 rings (SSSR count). The van der Waals surface area contributed by atoms with Crippen LogP contribution in [-0.4, -0.2) is 19.8 Å². The van der Waals surface area contributed by atoms with Crippen LogP contribution in [0.3, 0.4) is 0 Å². The Balaban J connectivity index is 2.05. The molecular weight excluding hydrogens is 202 g/mol. The summed E-state index contributed by atoms with van der Waals surface area (Å²) in [7, 11) is 0. The molecule has 0 aromatic rings. The first kappa shape index (κ1) is 13.3.